The molecule has 14 heteroatoms. The predicted octanol–water partition coefficient (Wildman–Crippen LogP) is 6.85. The van der Waals surface area contributed by atoms with Gasteiger partial charge in [-0.1, -0.05) is 35.3 Å². The minimum absolute atomic E-state index is 0.0419. The van der Waals surface area contributed by atoms with Crippen molar-refractivity contribution < 1.29 is 28.9 Å². The number of nitro groups is 2. The van der Waals surface area contributed by atoms with E-state index in [0.717, 1.165) is 34.9 Å². The largest absolute Gasteiger partial charge is 0.493 e. The van der Waals surface area contributed by atoms with Crippen LogP contribution in [0.5, 0.6) is 17.2 Å². The summed E-state index contributed by atoms with van der Waals surface area (Å²) in [5.41, 5.74) is -0.236. The van der Waals surface area contributed by atoms with Crippen LogP contribution in [0.4, 0.5) is 16.2 Å². The van der Waals surface area contributed by atoms with Gasteiger partial charge < -0.3 is 9.47 Å². The van der Waals surface area contributed by atoms with Gasteiger partial charge in [0.25, 0.3) is 16.8 Å². The maximum absolute atomic E-state index is 13.0. The second-order valence-corrected chi connectivity index (χ2v) is 9.45. The minimum Gasteiger partial charge on any atom is -0.493 e. The van der Waals surface area contributed by atoms with Crippen LogP contribution in [0.2, 0.25) is 10.0 Å². The Kier molecular flexibility index (Phi) is 7.86. The summed E-state index contributed by atoms with van der Waals surface area (Å²) < 4.78 is 11.0. The molecule has 2 amide bonds. The number of imide groups is 1. The van der Waals surface area contributed by atoms with E-state index in [9.17, 15) is 29.8 Å². The van der Waals surface area contributed by atoms with Crippen LogP contribution in [-0.2, 0) is 11.3 Å². The van der Waals surface area contributed by atoms with Crippen LogP contribution >= 0.6 is 35.0 Å². The molecular weight excluding hydrogens is 561 g/mol. The molecule has 194 valence electrons. The highest BCUT2D eigenvalue weighted by atomic mass is 35.5. The Labute approximate surface area is 228 Å². The Morgan fingerprint density at radius 1 is 0.947 bits per heavy atom. The van der Waals surface area contributed by atoms with Gasteiger partial charge in [0.05, 0.1) is 34.5 Å². The average molecular weight is 576 g/mol. The molecule has 1 aliphatic heterocycles. The molecule has 0 aromatic heterocycles. The number of carbonyl (C=O) groups is 2. The van der Waals surface area contributed by atoms with E-state index in [1.165, 1.54) is 25.3 Å². The number of carbonyl (C=O) groups excluding carboxylic acids is 2. The van der Waals surface area contributed by atoms with Crippen LogP contribution in [0.15, 0.2) is 59.5 Å². The first-order valence-corrected chi connectivity index (χ1v) is 12.1. The number of halogens is 2. The van der Waals surface area contributed by atoms with Gasteiger partial charge in [-0.05, 0) is 53.7 Å². The number of nitro benzene ring substituents is 2. The summed E-state index contributed by atoms with van der Waals surface area (Å²) in [5.74, 6) is -0.565. The molecular formula is C24H15Cl2N3O8S. The molecule has 38 heavy (non-hydrogen) atoms. The third kappa shape index (κ3) is 5.57. The van der Waals surface area contributed by atoms with Crippen molar-refractivity contribution in [2.75, 3.05) is 7.11 Å². The highest BCUT2D eigenvalue weighted by Crippen LogP contribution is 2.40. The average Bonchev–Trinajstić information content (AvgIpc) is 3.13. The number of methoxy groups -OCH3 is 1. The van der Waals surface area contributed by atoms with E-state index in [1.807, 2.05) is 0 Å². The van der Waals surface area contributed by atoms with Gasteiger partial charge in [0.1, 0.15) is 0 Å². The number of hydrogen-bond donors (Lipinski definition) is 0. The quantitative estimate of drug-likeness (QED) is 0.160. The molecule has 0 saturated carbocycles. The van der Waals surface area contributed by atoms with Crippen molar-refractivity contribution in [1.29, 1.82) is 0 Å². The highest BCUT2D eigenvalue weighted by molar-refractivity contribution is 8.18. The van der Waals surface area contributed by atoms with E-state index in [2.05, 4.69) is 0 Å². The standard InChI is InChI=1S/C24H15Cl2N3O8S/c1-36-20-7-5-13(9-21(20)37-19-8-6-14(28(32)33)11-18(19)29(34)35)10-22-23(30)27(24(31)38-22)12-15-16(25)3-2-4-17(15)26/h2-11H,12H2,1H3/b22-10-. The van der Waals surface area contributed by atoms with E-state index >= 15 is 0 Å². The fourth-order valence-corrected chi connectivity index (χ4v) is 4.81. The Balaban J connectivity index is 1.64. The fraction of sp³-hybridized carbons (Fsp3) is 0.0833. The zero-order valence-electron chi connectivity index (χ0n) is 19.3. The molecule has 1 heterocycles. The lowest BCUT2D eigenvalue weighted by atomic mass is 10.1. The molecule has 0 N–H and O–H groups in total. The molecule has 1 aliphatic rings. The molecule has 11 nitrogen and oxygen atoms in total. The lowest BCUT2D eigenvalue weighted by Crippen LogP contribution is -2.27. The van der Waals surface area contributed by atoms with E-state index in [4.69, 9.17) is 32.7 Å². The van der Waals surface area contributed by atoms with Gasteiger partial charge in [-0.15, -0.1) is 0 Å². The summed E-state index contributed by atoms with van der Waals surface area (Å²) in [4.78, 5) is 47.6. The maximum atomic E-state index is 13.0. The zero-order chi connectivity index (χ0) is 27.6. The Morgan fingerprint density at radius 2 is 1.63 bits per heavy atom. The van der Waals surface area contributed by atoms with Crippen LogP contribution in [0.3, 0.4) is 0 Å². The number of amides is 2. The minimum atomic E-state index is -0.806. The van der Waals surface area contributed by atoms with Gasteiger partial charge in [0.15, 0.2) is 11.5 Å². The van der Waals surface area contributed by atoms with Crippen molar-refractivity contribution >= 4 is 63.6 Å². The van der Waals surface area contributed by atoms with E-state index in [-0.39, 0.29) is 28.7 Å². The van der Waals surface area contributed by atoms with E-state index in [1.54, 1.807) is 24.3 Å². The highest BCUT2D eigenvalue weighted by Gasteiger charge is 2.36. The monoisotopic (exact) mass is 575 g/mol. The smallest absolute Gasteiger partial charge is 0.318 e. The zero-order valence-corrected chi connectivity index (χ0v) is 21.6. The molecule has 3 aromatic rings. The molecule has 0 unspecified atom stereocenters. The number of thioether (sulfide) groups is 1. The first-order chi connectivity index (χ1) is 18.1. The molecule has 3 aromatic carbocycles. The van der Waals surface area contributed by atoms with Gasteiger partial charge >= 0.3 is 5.69 Å². The first-order valence-electron chi connectivity index (χ1n) is 10.6. The number of nitrogens with zero attached hydrogens (tertiary/aromatic N) is 3. The second-order valence-electron chi connectivity index (χ2n) is 7.65. The summed E-state index contributed by atoms with van der Waals surface area (Å²) >= 11 is 13.1. The molecule has 0 radical (unpaired) electrons. The second kappa shape index (κ2) is 11.1. The van der Waals surface area contributed by atoms with Gasteiger partial charge in [-0.25, -0.2) is 0 Å². The van der Waals surface area contributed by atoms with Crippen molar-refractivity contribution in [2.24, 2.45) is 0 Å². The summed E-state index contributed by atoms with van der Waals surface area (Å²) in [5, 5.41) is 22.6. The summed E-state index contributed by atoms with van der Waals surface area (Å²) in [6, 6.07) is 12.4. The molecule has 4 rings (SSSR count). The van der Waals surface area contributed by atoms with Crippen molar-refractivity contribution in [3.8, 4) is 17.2 Å². The van der Waals surface area contributed by atoms with Crippen molar-refractivity contribution in [1.82, 2.24) is 4.90 Å². The van der Waals surface area contributed by atoms with Gasteiger partial charge in [0.2, 0.25) is 5.75 Å². The van der Waals surface area contributed by atoms with E-state index in [0.29, 0.717) is 21.2 Å². The fourth-order valence-electron chi connectivity index (χ4n) is 3.46. The molecule has 0 spiro atoms. The Hall–Kier alpha value is -4.13. The van der Waals surface area contributed by atoms with Gasteiger partial charge in [-0.3, -0.25) is 34.7 Å². The summed E-state index contributed by atoms with van der Waals surface area (Å²) in [6.45, 7) is -0.110. The predicted molar refractivity (Wildman–Crippen MR) is 141 cm³/mol. The SMILES string of the molecule is COc1ccc(/C=C2\SC(=O)N(Cc3c(Cl)cccc3Cl)C2=O)cc1Oc1ccc([N+](=O)[O-])cc1[N+](=O)[O-]. The molecule has 0 bridgehead atoms. The normalized spacial score (nSPS) is 14.2. The van der Waals surface area contributed by atoms with E-state index < -0.39 is 32.4 Å². The molecule has 1 saturated heterocycles. The van der Waals surface area contributed by atoms with Gasteiger partial charge in [0, 0.05) is 21.7 Å². The lowest BCUT2D eigenvalue weighted by Gasteiger charge is -2.14. The van der Waals surface area contributed by atoms with Crippen molar-refractivity contribution in [3.63, 3.8) is 0 Å². The van der Waals surface area contributed by atoms with Crippen LogP contribution in [-0.4, -0.2) is 33.0 Å². The van der Waals surface area contributed by atoms with Gasteiger partial charge in [-0.2, -0.15) is 0 Å². The van der Waals surface area contributed by atoms with Crippen LogP contribution in [0, 0.1) is 20.2 Å². The Morgan fingerprint density at radius 3 is 2.26 bits per heavy atom. The number of non-ortho nitro benzene ring substituents is 1. The lowest BCUT2D eigenvalue weighted by molar-refractivity contribution is -0.394. The first kappa shape index (κ1) is 26.9. The third-order valence-electron chi connectivity index (χ3n) is 5.31. The number of benzene rings is 3. The van der Waals surface area contributed by atoms with Crippen molar-refractivity contribution in [2.45, 2.75) is 6.54 Å². The van der Waals surface area contributed by atoms with Crippen molar-refractivity contribution in [3.05, 3.63) is 101 Å². The summed E-state index contributed by atoms with van der Waals surface area (Å²) in [7, 11) is 1.36. The topological polar surface area (TPSA) is 142 Å². The van der Waals surface area contributed by atoms with Crippen LogP contribution in [0.25, 0.3) is 6.08 Å². The molecule has 0 atom stereocenters. The van der Waals surface area contributed by atoms with Crippen LogP contribution < -0.4 is 9.47 Å². The number of rotatable bonds is 8. The Bertz CT molecular complexity index is 1510. The number of ether oxygens (including phenoxy) is 2. The number of hydrogen-bond acceptors (Lipinski definition) is 9. The third-order valence-corrected chi connectivity index (χ3v) is 6.92. The molecule has 1 fully saturated rings. The van der Waals surface area contributed by atoms with Crippen LogP contribution in [0.1, 0.15) is 11.1 Å². The maximum Gasteiger partial charge on any atom is 0.318 e. The molecule has 0 aliphatic carbocycles. The summed E-state index contributed by atoms with van der Waals surface area (Å²) in [6.07, 6.45) is 1.45.